The third-order valence-electron chi connectivity index (χ3n) is 5.20. The molecule has 4 rings (SSSR count). The van der Waals surface area contributed by atoms with Crippen LogP contribution in [-0.4, -0.2) is 26.0 Å². The first kappa shape index (κ1) is 17.9. The highest BCUT2D eigenvalue weighted by Gasteiger charge is 2.30. The Bertz CT molecular complexity index is 1080. The number of fused-ring (bicyclic) bond motifs is 1. The van der Waals surface area contributed by atoms with Crippen LogP contribution in [0.5, 0.6) is 0 Å². The molecule has 27 heavy (non-hydrogen) atoms. The predicted octanol–water partition coefficient (Wildman–Crippen LogP) is 4.59. The summed E-state index contributed by atoms with van der Waals surface area (Å²) in [4.78, 5) is 6.78. The Morgan fingerprint density at radius 3 is 2.63 bits per heavy atom. The molecule has 6 heteroatoms. The molecule has 0 amide bonds. The summed E-state index contributed by atoms with van der Waals surface area (Å²) >= 11 is 0. The molecule has 0 unspecified atom stereocenters. The summed E-state index contributed by atoms with van der Waals surface area (Å²) in [5.41, 5.74) is 1.16. The lowest BCUT2D eigenvalue weighted by Crippen LogP contribution is -2.38. The highest BCUT2D eigenvalue weighted by molar-refractivity contribution is 7.91. The predicted molar refractivity (Wildman–Crippen MR) is 104 cm³/mol. The quantitative estimate of drug-likeness (QED) is 0.663. The SMILES string of the molecule is C[C@@H]1CCCCN1c1c(S(=O)(=O)c2ccccc2)cnc2ccc(F)cc12. The van der Waals surface area contributed by atoms with Crippen molar-refractivity contribution in [3.05, 3.63) is 60.5 Å². The molecular weight excluding hydrogens is 363 g/mol. The van der Waals surface area contributed by atoms with Gasteiger partial charge in [-0.25, -0.2) is 12.8 Å². The average molecular weight is 384 g/mol. The highest BCUT2D eigenvalue weighted by Crippen LogP contribution is 2.38. The molecule has 1 atom stereocenters. The van der Waals surface area contributed by atoms with E-state index < -0.39 is 15.7 Å². The van der Waals surface area contributed by atoms with Crippen LogP contribution in [0.25, 0.3) is 10.9 Å². The van der Waals surface area contributed by atoms with E-state index in [4.69, 9.17) is 0 Å². The van der Waals surface area contributed by atoms with E-state index in [1.165, 1.54) is 18.3 Å². The van der Waals surface area contributed by atoms with Gasteiger partial charge >= 0.3 is 0 Å². The van der Waals surface area contributed by atoms with Crippen LogP contribution in [0.15, 0.2) is 64.5 Å². The van der Waals surface area contributed by atoms with Gasteiger partial charge in [0.1, 0.15) is 10.7 Å². The molecule has 2 aromatic carbocycles. The number of aromatic nitrogens is 1. The first-order valence-corrected chi connectivity index (χ1v) is 10.6. The molecule has 4 nitrogen and oxygen atoms in total. The van der Waals surface area contributed by atoms with Crippen LogP contribution in [-0.2, 0) is 9.84 Å². The largest absolute Gasteiger partial charge is 0.367 e. The van der Waals surface area contributed by atoms with Crippen molar-refractivity contribution in [2.45, 2.75) is 42.0 Å². The van der Waals surface area contributed by atoms with E-state index in [1.54, 1.807) is 36.4 Å². The van der Waals surface area contributed by atoms with Crippen LogP contribution in [0.3, 0.4) is 0 Å². The molecule has 140 valence electrons. The minimum Gasteiger partial charge on any atom is -0.367 e. The molecule has 0 bridgehead atoms. The highest BCUT2D eigenvalue weighted by atomic mass is 32.2. The van der Waals surface area contributed by atoms with Gasteiger partial charge in [-0.1, -0.05) is 18.2 Å². The molecule has 1 aliphatic heterocycles. The van der Waals surface area contributed by atoms with Crippen molar-refractivity contribution in [1.82, 2.24) is 4.98 Å². The van der Waals surface area contributed by atoms with Gasteiger partial charge in [0.05, 0.1) is 16.1 Å². The lowest BCUT2D eigenvalue weighted by atomic mass is 10.0. The Labute approximate surface area is 158 Å². The summed E-state index contributed by atoms with van der Waals surface area (Å²) < 4.78 is 40.8. The maximum atomic E-state index is 14.0. The number of pyridine rings is 1. The van der Waals surface area contributed by atoms with Crippen LogP contribution in [0, 0.1) is 5.82 Å². The molecule has 2 heterocycles. The molecule has 0 radical (unpaired) electrons. The summed E-state index contributed by atoms with van der Waals surface area (Å²) in [6.07, 6.45) is 4.48. The smallest absolute Gasteiger partial charge is 0.210 e. The molecule has 1 saturated heterocycles. The maximum Gasteiger partial charge on any atom is 0.210 e. The molecule has 1 fully saturated rings. The fraction of sp³-hybridized carbons (Fsp3) is 0.286. The monoisotopic (exact) mass is 384 g/mol. The van der Waals surface area contributed by atoms with E-state index in [0.29, 0.717) is 16.6 Å². The van der Waals surface area contributed by atoms with Crippen molar-refractivity contribution >= 4 is 26.4 Å². The number of nitrogens with zero attached hydrogens (tertiary/aromatic N) is 2. The van der Waals surface area contributed by atoms with Crippen molar-refractivity contribution in [3.63, 3.8) is 0 Å². The zero-order chi connectivity index (χ0) is 19.0. The van der Waals surface area contributed by atoms with Gasteiger partial charge in [-0.2, -0.15) is 0 Å². The topological polar surface area (TPSA) is 50.3 Å². The second-order valence-electron chi connectivity index (χ2n) is 6.99. The molecule has 0 N–H and O–H groups in total. The number of hydrogen-bond acceptors (Lipinski definition) is 4. The van der Waals surface area contributed by atoms with Crippen LogP contribution in [0.1, 0.15) is 26.2 Å². The molecule has 1 aliphatic rings. The number of hydrogen-bond donors (Lipinski definition) is 0. The lowest BCUT2D eigenvalue weighted by molar-refractivity contribution is 0.483. The van der Waals surface area contributed by atoms with Gasteiger partial charge in [-0.05, 0) is 56.5 Å². The second-order valence-corrected chi connectivity index (χ2v) is 8.91. The first-order chi connectivity index (χ1) is 13.0. The van der Waals surface area contributed by atoms with Gasteiger partial charge < -0.3 is 4.90 Å². The van der Waals surface area contributed by atoms with E-state index in [-0.39, 0.29) is 15.8 Å². The Hall–Kier alpha value is -2.47. The first-order valence-electron chi connectivity index (χ1n) is 9.13. The molecule has 0 aliphatic carbocycles. The minimum atomic E-state index is -3.77. The van der Waals surface area contributed by atoms with Gasteiger partial charge in [-0.3, -0.25) is 4.98 Å². The standard InChI is InChI=1S/C21H21FN2O2S/c1-15-7-5-6-12-24(15)21-18-13-16(22)10-11-19(18)23-14-20(21)27(25,26)17-8-3-2-4-9-17/h2-4,8-11,13-15H,5-7,12H2,1H3/t15-/m1/s1. The Morgan fingerprint density at radius 1 is 1.11 bits per heavy atom. The van der Waals surface area contributed by atoms with Crippen molar-refractivity contribution in [2.24, 2.45) is 0 Å². The Kier molecular flexibility index (Phi) is 4.60. The van der Waals surface area contributed by atoms with Gasteiger partial charge in [0.2, 0.25) is 9.84 Å². The summed E-state index contributed by atoms with van der Waals surface area (Å²) in [6, 6.07) is 12.9. The summed E-state index contributed by atoms with van der Waals surface area (Å²) in [7, 11) is -3.77. The third kappa shape index (κ3) is 3.18. The number of benzene rings is 2. The van der Waals surface area contributed by atoms with Crippen molar-refractivity contribution < 1.29 is 12.8 Å². The number of halogens is 1. The molecule has 0 saturated carbocycles. The van der Waals surface area contributed by atoms with Gasteiger partial charge in [0.15, 0.2) is 0 Å². The molecule has 0 spiro atoms. The van der Waals surface area contributed by atoms with Crippen LogP contribution in [0.2, 0.25) is 0 Å². The summed E-state index contributed by atoms with van der Waals surface area (Å²) in [5.74, 6) is -0.399. The van der Waals surface area contributed by atoms with Crippen molar-refractivity contribution in [1.29, 1.82) is 0 Å². The second kappa shape index (κ2) is 6.93. The zero-order valence-corrected chi connectivity index (χ0v) is 15.9. The van der Waals surface area contributed by atoms with Crippen molar-refractivity contribution in [3.8, 4) is 0 Å². The van der Waals surface area contributed by atoms with E-state index in [9.17, 15) is 12.8 Å². The summed E-state index contributed by atoms with van der Waals surface area (Å²) in [6.45, 7) is 2.83. The fourth-order valence-corrected chi connectivity index (χ4v) is 5.22. The lowest BCUT2D eigenvalue weighted by Gasteiger charge is -2.37. The zero-order valence-electron chi connectivity index (χ0n) is 15.1. The van der Waals surface area contributed by atoms with Gasteiger partial charge in [-0.15, -0.1) is 0 Å². The molecule has 3 aromatic rings. The molecule has 1 aromatic heterocycles. The minimum absolute atomic E-state index is 0.139. The number of sulfone groups is 1. The van der Waals surface area contributed by atoms with E-state index in [1.807, 2.05) is 0 Å². The fourth-order valence-electron chi connectivity index (χ4n) is 3.78. The number of anilines is 1. The van der Waals surface area contributed by atoms with Gasteiger partial charge in [0, 0.05) is 24.2 Å². The maximum absolute atomic E-state index is 14.0. The van der Waals surface area contributed by atoms with E-state index in [2.05, 4.69) is 16.8 Å². The third-order valence-corrected chi connectivity index (χ3v) is 6.97. The van der Waals surface area contributed by atoms with E-state index in [0.717, 1.165) is 25.8 Å². The normalized spacial score (nSPS) is 18.0. The summed E-state index contributed by atoms with van der Waals surface area (Å²) in [5, 5.41) is 0.542. The number of piperidine rings is 1. The van der Waals surface area contributed by atoms with Crippen molar-refractivity contribution in [2.75, 3.05) is 11.4 Å². The van der Waals surface area contributed by atoms with Crippen LogP contribution < -0.4 is 4.90 Å². The molecular formula is C21H21FN2O2S. The van der Waals surface area contributed by atoms with Crippen LogP contribution >= 0.6 is 0 Å². The van der Waals surface area contributed by atoms with E-state index >= 15 is 0 Å². The number of rotatable bonds is 3. The average Bonchev–Trinajstić information content (AvgIpc) is 2.68. The van der Waals surface area contributed by atoms with Gasteiger partial charge in [0.25, 0.3) is 0 Å². The Balaban J connectivity index is 2.02. The Morgan fingerprint density at radius 2 is 1.89 bits per heavy atom. The van der Waals surface area contributed by atoms with Crippen LogP contribution in [0.4, 0.5) is 10.1 Å².